The number of hydrogen-bond donors (Lipinski definition) is 1. The van der Waals surface area contributed by atoms with Gasteiger partial charge in [0, 0.05) is 12.0 Å². The molecule has 2 heterocycles. The summed E-state index contributed by atoms with van der Waals surface area (Å²) in [7, 11) is 0. The summed E-state index contributed by atoms with van der Waals surface area (Å²) in [4.78, 5) is 4.61. The predicted octanol–water partition coefficient (Wildman–Crippen LogP) is 4.16. The van der Waals surface area contributed by atoms with Crippen LogP contribution >= 0.6 is 0 Å². The molecule has 4 aromatic rings. The van der Waals surface area contributed by atoms with Gasteiger partial charge in [0.25, 0.3) is 0 Å². The van der Waals surface area contributed by atoms with Crippen molar-refractivity contribution in [2.75, 3.05) is 0 Å². The Bertz CT molecular complexity index is 1090. The maximum absolute atomic E-state index is 4.63. The highest BCUT2D eigenvalue weighted by molar-refractivity contribution is 5.80. The number of aromatic nitrogens is 7. The van der Waals surface area contributed by atoms with E-state index in [0.717, 1.165) is 41.2 Å². The fraction of sp³-hybridized carbons (Fsp3) is 0.227. The highest BCUT2D eigenvalue weighted by atomic mass is 15.5. The van der Waals surface area contributed by atoms with Gasteiger partial charge in [0.1, 0.15) is 0 Å². The Morgan fingerprint density at radius 1 is 1.00 bits per heavy atom. The molecular weight excluding hydrogens is 362 g/mol. The average molecular weight is 385 g/mol. The third kappa shape index (κ3) is 4.13. The van der Waals surface area contributed by atoms with Gasteiger partial charge in [-0.1, -0.05) is 68.5 Å². The number of benzene rings is 2. The first-order chi connectivity index (χ1) is 14.3. The van der Waals surface area contributed by atoms with Crippen LogP contribution in [0.1, 0.15) is 37.5 Å². The number of allylic oxidation sites excluding steroid dienone is 1. The Labute approximate surface area is 169 Å². The third-order valence-electron chi connectivity index (χ3n) is 4.69. The lowest BCUT2D eigenvalue weighted by molar-refractivity contribution is 0.667. The zero-order valence-electron chi connectivity index (χ0n) is 16.6. The molecule has 0 bridgehead atoms. The molecule has 0 atom stereocenters. The van der Waals surface area contributed by atoms with Gasteiger partial charge in [-0.3, -0.25) is 0 Å². The number of aryl methyl sites for hydroxylation is 1. The first kappa shape index (κ1) is 18.7. The van der Waals surface area contributed by atoms with E-state index in [1.165, 1.54) is 5.56 Å². The minimum Gasteiger partial charge on any atom is -0.242 e. The van der Waals surface area contributed by atoms with E-state index in [-0.39, 0.29) is 0 Å². The molecule has 0 radical (unpaired) electrons. The van der Waals surface area contributed by atoms with Crippen LogP contribution in [0.2, 0.25) is 0 Å². The van der Waals surface area contributed by atoms with Crippen molar-refractivity contribution >= 4 is 6.08 Å². The van der Waals surface area contributed by atoms with Crippen molar-refractivity contribution in [3.63, 3.8) is 0 Å². The Morgan fingerprint density at radius 2 is 1.79 bits per heavy atom. The molecule has 7 heteroatoms. The van der Waals surface area contributed by atoms with Crippen molar-refractivity contribution in [1.29, 1.82) is 0 Å². The molecule has 0 fully saturated rings. The smallest absolute Gasteiger partial charge is 0.180 e. The van der Waals surface area contributed by atoms with Crippen molar-refractivity contribution < 1.29 is 0 Å². The van der Waals surface area contributed by atoms with Gasteiger partial charge in [-0.2, -0.15) is 5.10 Å². The molecular formula is C22H23N7. The highest BCUT2D eigenvalue weighted by Gasteiger charge is 2.11. The third-order valence-corrected chi connectivity index (χ3v) is 4.69. The van der Waals surface area contributed by atoms with Gasteiger partial charge in [0.05, 0.1) is 6.54 Å². The van der Waals surface area contributed by atoms with Gasteiger partial charge >= 0.3 is 0 Å². The number of aromatic amines is 1. The molecule has 0 aliphatic rings. The summed E-state index contributed by atoms with van der Waals surface area (Å²) in [5.74, 6) is 2.43. The van der Waals surface area contributed by atoms with Crippen molar-refractivity contribution in [3.8, 4) is 22.5 Å². The van der Waals surface area contributed by atoms with E-state index < -0.39 is 0 Å². The first-order valence-electron chi connectivity index (χ1n) is 9.81. The van der Waals surface area contributed by atoms with Gasteiger partial charge < -0.3 is 0 Å². The maximum Gasteiger partial charge on any atom is 0.180 e. The zero-order valence-corrected chi connectivity index (χ0v) is 16.6. The Balaban J connectivity index is 1.60. The molecule has 7 nitrogen and oxygen atoms in total. The monoisotopic (exact) mass is 385 g/mol. The van der Waals surface area contributed by atoms with Crippen LogP contribution in [0.3, 0.4) is 0 Å². The van der Waals surface area contributed by atoms with Crippen molar-refractivity contribution in [1.82, 2.24) is 35.4 Å². The van der Waals surface area contributed by atoms with Crippen molar-refractivity contribution in [2.45, 2.75) is 33.2 Å². The predicted molar refractivity (Wildman–Crippen MR) is 113 cm³/mol. The molecule has 2 aromatic heterocycles. The van der Waals surface area contributed by atoms with E-state index >= 15 is 0 Å². The molecule has 0 spiro atoms. The molecule has 0 aliphatic heterocycles. The lowest BCUT2D eigenvalue weighted by atomic mass is 9.98. The van der Waals surface area contributed by atoms with Crippen LogP contribution in [-0.4, -0.2) is 35.4 Å². The van der Waals surface area contributed by atoms with Crippen LogP contribution in [0.15, 0.2) is 54.6 Å². The fourth-order valence-corrected chi connectivity index (χ4v) is 3.19. The Morgan fingerprint density at radius 3 is 2.48 bits per heavy atom. The molecule has 0 aliphatic carbocycles. The van der Waals surface area contributed by atoms with Crippen LogP contribution in [0, 0.1) is 0 Å². The molecule has 0 saturated carbocycles. The summed E-state index contributed by atoms with van der Waals surface area (Å²) >= 11 is 0. The number of tetrazole rings is 1. The standard InChI is InChI=1S/C22H23N7/c1-3-5-10-21-23-20(4-2)26-29(21)15-16-11-13-17(14-12-16)18-8-6-7-9-19(18)22-24-27-28-25-22/h5-14H,3-4,15H2,1-2H3,(H,24,25,27,28). The molecule has 29 heavy (non-hydrogen) atoms. The lowest BCUT2D eigenvalue weighted by Gasteiger charge is -2.09. The topological polar surface area (TPSA) is 85.2 Å². The quantitative estimate of drug-likeness (QED) is 0.516. The van der Waals surface area contributed by atoms with Gasteiger partial charge in [0.15, 0.2) is 17.5 Å². The molecule has 0 unspecified atom stereocenters. The summed E-state index contributed by atoms with van der Waals surface area (Å²) in [5, 5.41) is 18.9. The summed E-state index contributed by atoms with van der Waals surface area (Å²) < 4.78 is 1.97. The second-order valence-corrected chi connectivity index (χ2v) is 6.70. The molecule has 4 rings (SSSR count). The number of nitrogens with one attached hydrogen (secondary N) is 1. The SMILES string of the molecule is CCC=Cc1nc(CC)nn1Cc1ccc(-c2ccccc2-c2nnn[nH]2)cc1. The summed E-state index contributed by atoms with van der Waals surface area (Å²) in [6.45, 7) is 4.87. The normalized spacial score (nSPS) is 11.4. The van der Waals surface area contributed by atoms with E-state index in [1.54, 1.807) is 0 Å². The molecule has 146 valence electrons. The zero-order chi connectivity index (χ0) is 20.1. The fourth-order valence-electron chi connectivity index (χ4n) is 3.19. The van der Waals surface area contributed by atoms with Crippen molar-refractivity contribution in [3.05, 3.63) is 71.8 Å². The first-order valence-corrected chi connectivity index (χ1v) is 9.81. The van der Waals surface area contributed by atoms with Crippen LogP contribution in [0.5, 0.6) is 0 Å². The number of nitrogens with zero attached hydrogens (tertiary/aromatic N) is 6. The van der Waals surface area contributed by atoms with Gasteiger partial charge in [0.2, 0.25) is 0 Å². The second-order valence-electron chi connectivity index (χ2n) is 6.70. The largest absolute Gasteiger partial charge is 0.242 e. The molecule has 0 amide bonds. The number of hydrogen-bond acceptors (Lipinski definition) is 5. The maximum atomic E-state index is 4.63. The average Bonchev–Trinajstić information content (AvgIpc) is 3.43. The highest BCUT2D eigenvalue weighted by Crippen LogP contribution is 2.29. The van der Waals surface area contributed by atoms with E-state index in [1.807, 2.05) is 29.0 Å². The van der Waals surface area contributed by atoms with Gasteiger partial charge in [-0.05, 0) is 39.6 Å². The number of rotatable bonds is 7. The van der Waals surface area contributed by atoms with Crippen LogP contribution in [0.25, 0.3) is 28.6 Å². The molecule has 2 aromatic carbocycles. The van der Waals surface area contributed by atoms with E-state index in [2.05, 4.69) is 81.0 Å². The van der Waals surface area contributed by atoms with Crippen LogP contribution in [0.4, 0.5) is 0 Å². The van der Waals surface area contributed by atoms with Gasteiger partial charge in [-0.25, -0.2) is 14.8 Å². The molecule has 0 saturated heterocycles. The minimum atomic E-state index is 0.659. The summed E-state index contributed by atoms with van der Waals surface area (Å²) in [5.41, 5.74) is 4.34. The molecule has 1 N–H and O–H groups in total. The van der Waals surface area contributed by atoms with Crippen molar-refractivity contribution in [2.24, 2.45) is 0 Å². The van der Waals surface area contributed by atoms with E-state index in [4.69, 9.17) is 0 Å². The summed E-state index contributed by atoms with van der Waals surface area (Å²) in [6.07, 6.45) is 5.95. The van der Waals surface area contributed by atoms with Crippen LogP contribution in [-0.2, 0) is 13.0 Å². The Kier molecular flexibility index (Phi) is 5.56. The van der Waals surface area contributed by atoms with Crippen LogP contribution < -0.4 is 0 Å². The lowest BCUT2D eigenvalue weighted by Crippen LogP contribution is -2.04. The second kappa shape index (κ2) is 8.60. The Hall–Kier alpha value is -3.61. The van der Waals surface area contributed by atoms with E-state index in [0.29, 0.717) is 12.4 Å². The minimum absolute atomic E-state index is 0.659. The van der Waals surface area contributed by atoms with Gasteiger partial charge in [-0.15, -0.1) is 5.10 Å². The van der Waals surface area contributed by atoms with E-state index in [9.17, 15) is 0 Å². The summed E-state index contributed by atoms with van der Waals surface area (Å²) in [6, 6.07) is 16.6. The number of H-pyrrole nitrogens is 1.